The quantitative estimate of drug-likeness (QED) is 0.676. The lowest BCUT2D eigenvalue weighted by molar-refractivity contribution is 0.295. The molecule has 1 aliphatic heterocycles. The molecular formula is C16H16N4. The predicted molar refractivity (Wildman–Crippen MR) is 77.6 cm³/mol. The summed E-state index contributed by atoms with van der Waals surface area (Å²) in [5.74, 6) is 0.414. The molecule has 100 valence electrons. The van der Waals surface area contributed by atoms with E-state index in [0.29, 0.717) is 5.92 Å². The Kier molecular flexibility index (Phi) is 2.57. The molecule has 0 N–H and O–H groups in total. The van der Waals surface area contributed by atoms with E-state index in [1.54, 1.807) is 6.33 Å². The number of benzene rings is 1. The van der Waals surface area contributed by atoms with E-state index in [9.17, 15) is 0 Å². The molecule has 0 fully saturated rings. The molecule has 2 aromatic heterocycles. The van der Waals surface area contributed by atoms with E-state index in [4.69, 9.17) is 0 Å². The molecular weight excluding hydrogens is 248 g/mol. The first-order chi connectivity index (χ1) is 9.81. The summed E-state index contributed by atoms with van der Waals surface area (Å²) in [7, 11) is 2.18. The molecule has 20 heavy (non-hydrogen) atoms. The van der Waals surface area contributed by atoms with Crippen molar-refractivity contribution < 1.29 is 0 Å². The van der Waals surface area contributed by atoms with Gasteiger partial charge in [0.05, 0.1) is 0 Å². The number of aromatic nitrogens is 3. The molecule has 0 radical (unpaired) electrons. The van der Waals surface area contributed by atoms with E-state index in [1.165, 1.54) is 16.7 Å². The SMILES string of the molecule is CN1Cc2ccccc2C(c2ccc3nncn3c2)C1. The largest absolute Gasteiger partial charge is 0.301 e. The average molecular weight is 264 g/mol. The van der Waals surface area contributed by atoms with Crippen LogP contribution in [0, 0.1) is 0 Å². The zero-order valence-electron chi connectivity index (χ0n) is 11.4. The Balaban J connectivity index is 1.84. The van der Waals surface area contributed by atoms with Crippen LogP contribution in [0.5, 0.6) is 0 Å². The lowest BCUT2D eigenvalue weighted by Gasteiger charge is -2.32. The molecule has 1 aliphatic rings. The van der Waals surface area contributed by atoms with Crippen molar-refractivity contribution in [1.82, 2.24) is 19.5 Å². The molecule has 0 spiro atoms. The van der Waals surface area contributed by atoms with E-state index in [-0.39, 0.29) is 0 Å². The summed E-state index contributed by atoms with van der Waals surface area (Å²) in [5.41, 5.74) is 5.08. The standard InChI is InChI=1S/C16H16N4/c1-19-8-12-4-2-3-5-14(12)15(10-19)13-6-7-16-18-17-11-20(16)9-13/h2-7,9,11,15H,8,10H2,1H3. The maximum Gasteiger partial charge on any atom is 0.160 e. The molecule has 1 unspecified atom stereocenters. The van der Waals surface area contributed by atoms with Crippen LogP contribution in [0.2, 0.25) is 0 Å². The fraction of sp³-hybridized carbons (Fsp3) is 0.250. The first kappa shape index (κ1) is 11.6. The zero-order chi connectivity index (χ0) is 13.5. The number of likely N-dealkylation sites (N-methyl/N-ethyl adjacent to an activating group) is 1. The van der Waals surface area contributed by atoms with Gasteiger partial charge in [-0.2, -0.15) is 0 Å². The van der Waals surface area contributed by atoms with E-state index < -0.39 is 0 Å². The van der Waals surface area contributed by atoms with Crippen LogP contribution in [0.15, 0.2) is 48.9 Å². The van der Waals surface area contributed by atoms with Crippen LogP contribution in [-0.4, -0.2) is 33.1 Å². The van der Waals surface area contributed by atoms with Crippen LogP contribution < -0.4 is 0 Å². The number of pyridine rings is 1. The summed E-state index contributed by atoms with van der Waals surface area (Å²) in [6.45, 7) is 2.08. The van der Waals surface area contributed by atoms with Gasteiger partial charge < -0.3 is 4.90 Å². The lowest BCUT2D eigenvalue weighted by Crippen LogP contribution is -2.31. The van der Waals surface area contributed by atoms with Crippen molar-refractivity contribution >= 4 is 5.65 Å². The Morgan fingerprint density at radius 1 is 1.15 bits per heavy atom. The van der Waals surface area contributed by atoms with Gasteiger partial charge in [0.2, 0.25) is 0 Å². The molecule has 4 nitrogen and oxygen atoms in total. The Hall–Kier alpha value is -2.20. The van der Waals surface area contributed by atoms with Gasteiger partial charge in [-0.05, 0) is 29.8 Å². The molecule has 0 aliphatic carbocycles. The monoisotopic (exact) mass is 264 g/mol. The van der Waals surface area contributed by atoms with Gasteiger partial charge in [0, 0.05) is 25.2 Å². The lowest BCUT2D eigenvalue weighted by atomic mass is 9.85. The Bertz CT molecular complexity index is 762. The third kappa shape index (κ3) is 1.80. The summed E-state index contributed by atoms with van der Waals surface area (Å²) in [6.07, 6.45) is 3.91. The van der Waals surface area contributed by atoms with Crippen molar-refractivity contribution in [2.75, 3.05) is 13.6 Å². The van der Waals surface area contributed by atoms with E-state index in [2.05, 4.69) is 58.7 Å². The molecule has 0 saturated carbocycles. The Morgan fingerprint density at radius 2 is 2.05 bits per heavy atom. The second-order valence-electron chi connectivity index (χ2n) is 5.51. The van der Waals surface area contributed by atoms with Gasteiger partial charge in [0.15, 0.2) is 5.65 Å². The molecule has 4 rings (SSSR count). The first-order valence-corrected chi connectivity index (χ1v) is 6.87. The van der Waals surface area contributed by atoms with Gasteiger partial charge in [0.25, 0.3) is 0 Å². The molecule has 0 bridgehead atoms. The maximum atomic E-state index is 4.07. The smallest absolute Gasteiger partial charge is 0.160 e. The fourth-order valence-corrected chi connectivity index (χ4v) is 3.12. The van der Waals surface area contributed by atoms with Crippen molar-refractivity contribution in [1.29, 1.82) is 0 Å². The van der Waals surface area contributed by atoms with Crippen LogP contribution in [0.3, 0.4) is 0 Å². The van der Waals surface area contributed by atoms with Crippen LogP contribution in [0.1, 0.15) is 22.6 Å². The van der Waals surface area contributed by atoms with Crippen molar-refractivity contribution in [3.63, 3.8) is 0 Å². The van der Waals surface area contributed by atoms with E-state index in [0.717, 1.165) is 18.7 Å². The number of hydrogen-bond donors (Lipinski definition) is 0. The summed E-state index contributed by atoms with van der Waals surface area (Å²) in [4.78, 5) is 2.38. The summed E-state index contributed by atoms with van der Waals surface area (Å²) < 4.78 is 1.99. The average Bonchev–Trinajstić information content (AvgIpc) is 2.93. The predicted octanol–water partition coefficient (Wildman–Crippen LogP) is 2.31. The van der Waals surface area contributed by atoms with Gasteiger partial charge >= 0.3 is 0 Å². The molecule has 0 amide bonds. The highest BCUT2D eigenvalue weighted by Crippen LogP contribution is 2.32. The normalized spacial score (nSPS) is 19.1. The van der Waals surface area contributed by atoms with E-state index >= 15 is 0 Å². The van der Waals surface area contributed by atoms with Crippen LogP contribution >= 0.6 is 0 Å². The van der Waals surface area contributed by atoms with Crippen molar-refractivity contribution in [3.8, 4) is 0 Å². The van der Waals surface area contributed by atoms with Crippen molar-refractivity contribution in [2.24, 2.45) is 0 Å². The second kappa shape index (κ2) is 4.42. The minimum atomic E-state index is 0.414. The molecule has 1 atom stereocenters. The number of hydrogen-bond acceptors (Lipinski definition) is 3. The topological polar surface area (TPSA) is 33.4 Å². The summed E-state index contributed by atoms with van der Waals surface area (Å²) in [5, 5.41) is 8.02. The summed E-state index contributed by atoms with van der Waals surface area (Å²) in [6, 6.07) is 13.0. The zero-order valence-corrected chi connectivity index (χ0v) is 11.4. The van der Waals surface area contributed by atoms with E-state index in [1.807, 2.05) is 10.5 Å². The Labute approximate surface area is 117 Å². The molecule has 3 aromatic rings. The van der Waals surface area contributed by atoms with Crippen LogP contribution in [0.25, 0.3) is 5.65 Å². The second-order valence-corrected chi connectivity index (χ2v) is 5.51. The van der Waals surface area contributed by atoms with Gasteiger partial charge in [0.1, 0.15) is 6.33 Å². The molecule has 4 heteroatoms. The highest BCUT2D eigenvalue weighted by molar-refractivity contribution is 5.44. The molecule has 1 aromatic carbocycles. The highest BCUT2D eigenvalue weighted by atomic mass is 15.2. The van der Waals surface area contributed by atoms with Crippen LogP contribution in [0.4, 0.5) is 0 Å². The first-order valence-electron chi connectivity index (χ1n) is 6.87. The van der Waals surface area contributed by atoms with Gasteiger partial charge in [-0.1, -0.05) is 30.3 Å². The number of rotatable bonds is 1. The van der Waals surface area contributed by atoms with Crippen LogP contribution in [-0.2, 0) is 6.54 Å². The van der Waals surface area contributed by atoms with Gasteiger partial charge in [-0.15, -0.1) is 10.2 Å². The minimum absolute atomic E-state index is 0.414. The third-order valence-electron chi connectivity index (χ3n) is 4.08. The number of fused-ring (bicyclic) bond motifs is 2. The Morgan fingerprint density at radius 3 is 3.00 bits per heavy atom. The van der Waals surface area contributed by atoms with Gasteiger partial charge in [-0.25, -0.2) is 0 Å². The molecule has 3 heterocycles. The summed E-state index contributed by atoms with van der Waals surface area (Å²) >= 11 is 0. The maximum absolute atomic E-state index is 4.07. The van der Waals surface area contributed by atoms with Gasteiger partial charge in [-0.3, -0.25) is 4.40 Å². The minimum Gasteiger partial charge on any atom is -0.301 e. The fourth-order valence-electron chi connectivity index (χ4n) is 3.12. The highest BCUT2D eigenvalue weighted by Gasteiger charge is 2.24. The van der Waals surface area contributed by atoms with Crippen molar-refractivity contribution in [3.05, 3.63) is 65.6 Å². The molecule has 0 saturated heterocycles. The third-order valence-corrected chi connectivity index (χ3v) is 4.08. The van der Waals surface area contributed by atoms with Crippen molar-refractivity contribution in [2.45, 2.75) is 12.5 Å². The number of nitrogens with zero attached hydrogens (tertiary/aromatic N) is 4.